The minimum Gasteiger partial charge on any atom is -0.487 e. The van der Waals surface area contributed by atoms with E-state index in [0.29, 0.717) is 38.0 Å². The summed E-state index contributed by atoms with van der Waals surface area (Å²) in [6.45, 7) is 2.87. The minimum atomic E-state index is -4.41. The van der Waals surface area contributed by atoms with Gasteiger partial charge in [0.1, 0.15) is 11.4 Å². The van der Waals surface area contributed by atoms with Gasteiger partial charge in [0.15, 0.2) is 0 Å². The number of ether oxygens (including phenoxy) is 1. The summed E-state index contributed by atoms with van der Waals surface area (Å²) in [6.07, 6.45) is 5.99. The molecular formula is C26H31F3N2O3. The van der Waals surface area contributed by atoms with Crippen LogP contribution in [-0.4, -0.2) is 34.8 Å². The van der Waals surface area contributed by atoms with Crippen LogP contribution in [-0.2, 0) is 23.8 Å². The SMILES string of the molecule is C1CC1.CC(Cc1ccc2c(c1)OC1(CC2)CCN(c2cncc(C(F)(F)F)c2)CC1)C(=O)O. The van der Waals surface area contributed by atoms with Crippen LogP contribution in [0.15, 0.2) is 36.7 Å². The maximum atomic E-state index is 13.0. The van der Waals surface area contributed by atoms with Crippen LogP contribution in [0.3, 0.4) is 0 Å². The van der Waals surface area contributed by atoms with Crippen LogP contribution < -0.4 is 9.64 Å². The number of nitrogens with zero attached hydrogens (tertiary/aromatic N) is 2. The number of aliphatic carboxylic acids is 1. The number of alkyl halides is 3. The summed E-state index contributed by atoms with van der Waals surface area (Å²) in [4.78, 5) is 16.9. The Morgan fingerprint density at radius 1 is 1.15 bits per heavy atom. The molecule has 1 aliphatic carbocycles. The molecule has 1 saturated carbocycles. The molecule has 2 fully saturated rings. The normalized spacial score (nSPS) is 19.4. The lowest BCUT2D eigenvalue weighted by Crippen LogP contribution is -2.49. The summed E-state index contributed by atoms with van der Waals surface area (Å²) in [7, 11) is 0. The average Bonchev–Trinajstić information content (AvgIpc) is 3.68. The van der Waals surface area contributed by atoms with E-state index in [2.05, 4.69) is 4.98 Å². The summed E-state index contributed by atoms with van der Waals surface area (Å²) in [6, 6.07) is 7.06. The van der Waals surface area contributed by atoms with Gasteiger partial charge in [0, 0.05) is 32.1 Å². The first-order chi connectivity index (χ1) is 16.2. The highest BCUT2D eigenvalue weighted by Crippen LogP contribution is 2.41. The first-order valence-corrected chi connectivity index (χ1v) is 12.0. The van der Waals surface area contributed by atoms with E-state index in [9.17, 15) is 18.0 Å². The molecular weight excluding hydrogens is 445 g/mol. The second-order valence-electron chi connectivity index (χ2n) is 9.65. The highest BCUT2D eigenvalue weighted by atomic mass is 19.4. The smallest absolute Gasteiger partial charge is 0.417 e. The van der Waals surface area contributed by atoms with Crippen LogP contribution in [0.1, 0.15) is 62.1 Å². The van der Waals surface area contributed by atoms with Crippen LogP contribution in [0.25, 0.3) is 0 Å². The molecule has 1 N–H and O–H groups in total. The van der Waals surface area contributed by atoms with E-state index in [1.54, 1.807) is 6.92 Å². The van der Waals surface area contributed by atoms with Crippen LogP contribution in [0.4, 0.5) is 18.9 Å². The first kappa shape index (κ1) is 24.4. The summed E-state index contributed by atoms with van der Waals surface area (Å²) in [5, 5.41) is 9.16. The van der Waals surface area contributed by atoms with Gasteiger partial charge in [-0.25, -0.2) is 0 Å². The van der Waals surface area contributed by atoms with Crippen molar-refractivity contribution in [3.63, 3.8) is 0 Å². The molecule has 1 aromatic heterocycles. The second-order valence-corrected chi connectivity index (χ2v) is 9.65. The zero-order valence-electron chi connectivity index (χ0n) is 19.4. The van der Waals surface area contributed by atoms with Gasteiger partial charge in [0.25, 0.3) is 0 Å². The molecule has 5 nitrogen and oxygen atoms in total. The molecule has 1 saturated heterocycles. The second kappa shape index (κ2) is 9.84. The molecule has 1 spiro atoms. The van der Waals surface area contributed by atoms with Gasteiger partial charge in [0.2, 0.25) is 0 Å². The van der Waals surface area contributed by atoms with Crippen molar-refractivity contribution in [3.8, 4) is 5.75 Å². The number of anilines is 1. The third-order valence-electron chi connectivity index (χ3n) is 6.72. The monoisotopic (exact) mass is 476 g/mol. The van der Waals surface area contributed by atoms with E-state index in [4.69, 9.17) is 9.84 Å². The number of aryl methyl sites for hydroxylation is 1. The van der Waals surface area contributed by atoms with Crippen molar-refractivity contribution in [2.75, 3.05) is 18.0 Å². The van der Waals surface area contributed by atoms with Crippen molar-refractivity contribution in [2.45, 2.75) is 70.1 Å². The summed E-state index contributed by atoms with van der Waals surface area (Å²) in [5.41, 5.74) is 1.44. The molecule has 184 valence electrons. The van der Waals surface area contributed by atoms with Crippen LogP contribution in [0.5, 0.6) is 5.75 Å². The fourth-order valence-electron chi connectivity index (χ4n) is 4.40. The maximum Gasteiger partial charge on any atom is 0.417 e. The van der Waals surface area contributed by atoms with Gasteiger partial charge in [0.05, 0.1) is 23.4 Å². The lowest BCUT2D eigenvalue weighted by atomic mass is 9.82. The van der Waals surface area contributed by atoms with Gasteiger partial charge in [-0.1, -0.05) is 38.3 Å². The van der Waals surface area contributed by atoms with Crippen LogP contribution >= 0.6 is 0 Å². The number of hydrogen-bond acceptors (Lipinski definition) is 4. The highest BCUT2D eigenvalue weighted by molar-refractivity contribution is 5.70. The van der Waals surface area contributed by atoms with Crippen molar-refractivity contribution in [1.29, 1.82) is 0 Å². The number of fused-ring (bicyclic) bond motifs is 1. The molecule has 2 aromatic rings. The first-order valence-electron chi connectivity index (χ1n) is 12.0. The zero-order chi connectivity index (χ0) is 24.3. The Kier molecular flexibility index (Phi) is 7.05. The van der Waals surface area contributed by atoms with Crippen molar-refractivity contribution in [1.82, 2.24) is 4.98 Å². The molecule has 1 atom stereocenters. The Hall–Kier alpha value is -2.77. The minimum absolute atomic E-state index is 0.338. The molecule has 0 radical (unpaired) electrons. The molecule has 34 heavy (non-hydrogen) atoms. The Morgan fingerprint density at radius 3 is 2.47 bits per heavy atom. The van der Waals surface area contributed by atoms with E-state index in [1.165, 1.54) is 25.5 Å². The largest absolute Gasteiger partial charge is 0.487 e. The number of piperidine rings is 1. The van der Waals surface area contributed by atoms with Crippen molar-refractivity contribution < 1.29 is 27.8 Å². The Bertz CT molecular complexity index is 1010. The van der Waals surface area contributed by atoms with Crippen molar-refractivity contribution >= 4 is 11.7 Å². The lowest BCUT2D eigenvalue weighted by Gasteiger charge is -2.45. The molecule has 3 aliphatic rings. The third-order valence-corrected chi connectivity index (χ3v) is 6.72. The average molecular weight is 477 g/mol. The van der Waals surface area contributed by atoms with Gasteiger partial charge in [-0.05, 0) is 42.5 Å². The van der Waals surface area contributed by atoms with Crippen molar-refractivity contribution in [3.05, 3.63) is 53.3 Å². The standard InChI is InChI=1S/C23H25F3N2O3.C3H6/c1-15(21(29)30)10-16-2-3-17-4-5-22(31-20(17)11-16)6-8-28(9-7-22)19-12-18(13-27-14-19)23(24,25)26;1-2-3-1/h2-3,11-15H,4-10H2,1H3,(H,29,30);1-3H2. The summed E-state index contributed by atoms with van der Waals surface area (Å²) < 4.78 is 45.5. The van der Waals surface area contributed by atoms with Crippen LogP contribution in [0, 0.1) is 5.92 Å². The Labute approximate surface area is 197 Å². The van der Waals surface area contributed by atoms with Gasteiger partial charge < -0.3 is 14.7 Å². The summed E-state index contributed by atoms with van der Waals surface area (Å²) >= 11 is 0. The zero-order valence-corrected chi connectivity index (χ0v) is 19.4. The van der Waals surface area contributed by atoms with E-state index >= 15 is 0 Å². The topological polar surface area (TPSA) is 62.7 Å². The van der Waals surface area contributed by atoms with Gasteiger partial charge in [-0.2, -0.15) is 13.2 Å². The third kappa shape index (κ3) is 6.02. The Balaban J connectivity index is 0.000000846. The number of carboxylic acids is 1. The fourth-order valence-corrected chi connectivity index (χ4v) is 4.40. The highest BCUT2D eigenvalue weighted by Gasteiger charge is 2.40. The number of carboxylic acid groups (broad SMARTS) is 1. The molecule has 2 aliphatic heterocycles. The molecule has 3 heterocycles. The van der Waals surface area contributed by atoms with Gasteiger partial charge in [-0.15, -0.1) is 0 Å². The molecule has 8 heteroatoms. The predicted octanol–water partition coefficient (Wildman–Crippen LogP) is 5.90. The van der Waals surface area contributed by atoms with E-state index in [0.717, 1.165) is 42.0 Å². The van der Waals surface area contributed by atoms with E-state index < -0.39 is 23.6 Å². The molecule has 0 bridgehead atoms. The lowest BCUT2D eigenvalue weighted by molar-refractivity contribution is -0.141. The molecule has 5 rings (SSSR count). The summed E-state index contributed by atoms with van der Waals surface area (Å²) in [5.74, 6) is -0.498. The number of rotatable bonds is 4. The Morgan fingerprint density at radius 2 is 1.85 bits per heavy atom. The van der Waals surface area contributed by atoms with Gasteiger partial charge in [-0.3, -0.25) is 9.78 Å². The number of halogens is 3. The quantitative estimate of drug-likeness (QED) is 0.596. The number of carbonyl (C=O) groups is 1. The molecule has 1 unspecified atom stereocenters. The number of hydrogen-bond donors (Lipinski definition) is 1. The predicted molar refractivity (Wildman–Crippen MR) is 123 cm³/mol. The van der Waals surface area contributed by atoms with Crippen molar-refractivity contribution in [2.24, 2.45) is 5.92 Å². The molecule has 1 aromatic carbocycles. The fraction of sp³-hybridized carbons (Fsp3) is 0.538. The number of benzene rings is 1. The molecule has 0 amide bonds. The maximum absolute atomic E-state index is 13.0. The van der Waals surface area contributed by atoms with E-state index in [-0.39, 0.29) is 5.60 Å². The van der Waals surface area contributed by atoms with E-state index in [1.807, 2.05) is 23.1 Å². The van der Waals surface area contributed by atoms with Crippen LogP contribution in [0.2, 0.25) is 0 Å². The van der Waals surface area contributed by atoms with Gasteiger partial charge >= 0.3 is 12.1 Å². The number of aromatic nitrogens is 1. The number of pyridine rings is 1.